The summed E-state index contributed by atoms with van der Waals surface area (Å²) >= 11 is 7.75. The van der Waals surface area contributed by atoms with Crippen molar-refractivity contribution in [1.82, 2.24) is 0 Å². The van der Waals surface area contributed by atoms with Crippen molar-refractivity contribution in [2.24, 2.45) is 0 Å². The quantitative estimate of drug-likeness (QED) is 0.800. The van der Waals surface area contributed by atoms with Gasteiger partial charge in [0.2, 0.25) is 0 Å². The molecule has 0 fully saturated rings. The molecule has 0 atom stereocenters. The van der Waals surface area contributed by atoms with Gasteiger partial charge in [0.1, 0.15) is 0 Å². The van der Waals surface area contributed by atoms with Crippen LogP contribution in [0.5, 0.6) is 11.5 Å². The van der Waals surface area contributed by atoms with Crippen molar-refractivity contribution < 1.29 is 14.6 Å². The summed E-state index contributed by atoms with van der Waals surface area (Å²) < 4.78 is 10.7. The van der Waals surface area contributed by atoms with Crippen molar-refractivity contribution in [1.29, 1.82) is 0 Å². The predicted molar refractivity (Wildman–Crippen MR) is 67.8 cm³/mol. The number of thioether (sulfide) groups is 1. The van der Waals surface area contributed by atoms with Gasteiger partial charge in [-0.15, -0.1) is 0 Å². The Hall–Kier alpha value is -0.580. The lowest BCUT2D eigenvalue weighted by Crippen LogP contribution is -2.02. The van der Waals surface area contributed by atoms with Gasteiger partial charge < -0.3 is 14.6 Å². The molecule has 90 valence electrons. The smallest absolute Gasteiger partial charge is 0.179 e. The molecule has 0 heterocycles. The Bertz CT molecular complexity index is 344. The summed E-state index contributed by atoms with van der Waals surface area (Å²) in [4.78, 5) is 0. The van der Waals surface area contributed by atoms with Crippen LogP contribution in [0.15, 0.2) is 12.1 Å². The third-order valence-electron chi connectivity index (χ3n) is 2.01. The lowest BCUT2D eigenvalue weighted by molar-refractivity contribution is 0.279. The summed E-state index contributed by atoms with van der Waals surface area (Å²) in [5, 5.41) is 9.49. The molecular formula is C11H15ClO3S. The van der Waals surface area contributed by atoms with Crippen LogP contribution in [0.1, 0.15) is 5.56 Å². The van der Waals surface area contributed by atoms with E-state index in [4.69, 9.17) is 26.2 Å². The Balaban J connectivity index is 2.88. The molecule has 0 aromatic heterocycles. The van der Waals surface area contributed by atoms with Crippen molar-refractivity contribution in [2.75, 3.05) is 25.7 Å². The van der Waals surface area contributed by atoms with Crippen LogP contribution in [0.4, 0.5) is 0 Å². The van der Waals surface area contributed by atoms with Crippen LogP contribution >= 0.6 is 23.4 Å². The number of benzene rings is 1. The zero-order valence-electron chi connectivity index (χ0n) is 9.33. The van der Waals surface area contributed by atoms with Crippen LogP contribution < -0.4 is 9.47 Å². The number of aliphatic hydroxyl groups excluding tert-OH is 1. The normalized spacial score (nSPS) is 10.2. The second-order valence-corrected chi connectivity index (χ2v) is 4.50. The summed E-state index contributed by atoms with van der Waals surface area (Å²) in [6.45, 7) is 0.511. The van der Waals surface area contributed by atoms with Gasteiger partial charge in [0.15, 0.2) is 11.5 Å². The Morgan fingerprint density at radius 3 is 2.75 bits per heavy atom. The second-order valence-electron chi connectivity index (χ2n) is 3.11. The fourth-order valence-electron chi connectivity index (χ4n) is 1.23. The number of aliphatic hydroxyl groups is 1. The van der Waals surface area contributed by atoms with Gasteiger partial charge in [-0.25, -0.2) is 0 Å². The Labute approximate surface area is 105 Å². The largest absolute Gasteiger partial charge is 0.493 e. The molecule has 0 radical (unpaired) electrons. The Morgan fingerprint density at radius 2 is 2.19 bits per heavy atom. The number of ether oxygens (including phenoxy) is 2. The molecule has 1 rings (SSSR count). The van der Waals surface area contributed by atoms with E-state index in [0.717, 1.165) is 5.75 Å². The molecule has 1 aromatic rings. The molecule has 0 spiro atoms. The van der Waals surface area contributed by atoms with Crippen molar-refractivity contribution >= 4 is 23.4 Å². The van der Waals surface area contributed by atoms with Crippen molar-refractivity contribution in [3.8, 4) is 11.5 Å². The van der Waals surface area contributed by atoms with Crippen LogP contribution in [0.2, 0.25) is 5.02 Å². The van der Waals surface area contributed by atoms with Gasteiger partial charge >= 0.3 is 0 Å². The van der Waals surface area contributed by atoms with E-state index in [1.54, 1.807) is 31.0 Å². The fourth-order valence-corrected chi connectivity index (χ4v) is 1.77. The lowest BCUT2D eigenvalue weighted by Gasteiger charge is -2.13. The molecule has 0 aliphatic rings. The first-order chi connectivity index (χ1) is 7.72. The van der Waals surface area contributed by atoms with Crippen LogP contribution in [-0.2, 0) is 6.61 Å². The summed E-state index contributed by atoms with van der Waals surface area (Å²) in [6.07, 6.45) is 2.01. The maximum Gasteiger partial charge on any atom is 0.179 e. The molecule has 0 unspecified atom stereocenters. The van der Waals surface area contributed by atoms with Crippen LogP contribution in [0.25, 0.3) is 0 Å². The maximum atomic E-state index is 9.03. The third kappa shape index (κ3) is 3.47. The highest BCUT2D eigenvalue weighted by Crippen LogP contribution is 2.36. The first-order valence-corrected chi connectivity index (χ1v) is 6.59. The van der Waals surface area contributed by atoms with E-state index < -0.39 is 0 Å². The minimum absolute atomic E-state index is 0.0683. The second kappa shape index (κ2) is 6.89. The number of rotatable bonds is 6. The first kappa shape index (κ1) is 13.5. The monoisotopic (exact) mass is 262 g/mol. The fraction of sp³-hybridized carbons (Fsp3) is 0.455. The lowest BCUT2D eigenvalue weighted by atomic mass is 10.2. The van der Waals surface area contributed by atoms with Crippen LogP contribution in [0.3, 0.4) is 0 Å². The van der Waals surface area contributed by atoms with Gasteiger partial charge in [-0.3, -0.25) is 0 Å². The molecular weight excluding hydrogens is 248 g/mol. The molecule has 0 aliphatic carbocycles. The first-order valence-electron chi connectivity index (χ1n) is 4.82. The predicted octanol–water partition coefficient (Wildman–Crippen LogP) is 2.58. The van der Waals surface area contributed by atoms with E-state index in [1.165, 1.54) is 0 Å². The number of halogens is 1. The molecule has 1 aromatic carbocycles. The van der Waals surface area contributed by atoms with E-state index in [1.807, 2.05) is 6.26 Å². The van der Waals surface area contributed by atoms with Gasteiger partial charge in [-0.2, -0.15) is 11.8 Å². The van der Waals surface area contributed by atoms with Crippen molar-refractivity contribution in [3.05, 3.63) is 22.7 Å². The maximum absolute atomic E-state index is 9.03. The molecule has 0 saturated carbocycles. The minimum atomic E-state index is -0.0683. The standard InChI is InChI=1S/C11H15ClO3S/c1-14-10-6-8(7-13)5-9(12)11(10)15-3-4-16-2/h5-6,13H,3-4,7H2,1-2H3. The molecule has 0 amide bonds. The zero-order chi connectivity index (χ0) is 12.0. The molecule has 3 nitrogen and oxygen atoms in total. The summed E-state index contributed by atoms with van der Waals surface area (Å²) in [5.41, 5.74) is 0.707. The minimum Gasteiger partial charge on any atom is -0.493 e. The molecule has 5 heteroatoms. The van der Waals surface area contributed by atoms with Gasteiger partial charge in [0.05, 0.1) is 25.3 Å². The molecule has 0 saturated heterocycles. The van der Waals surface area contributed by atoms with Gasteiger partial charge in [-0.05, 0) is 24.0 Å². The zero-order valence-corrected chi connectivity index (χ0v) is 10.9. The average molecular weight is 263 g/mol. The topological polar surface area (TPSA) is 38.7 Å². The van der Waals surface area contributed by atoms with Gasteiger partial charge in [0.25, 0.3) is 0 Å². The Morgan fingerprint density at radius 1 is 1.44 bits per heavy atom. The SMILES string of the molecule is COc1cc(CO)cc(Cl)c1OCCSC. The summed E-state index contributed by atoms with van der Waals surface area (Å²) in [7, 11) is 1.55. The highest BCUT2D eigenvalue weighted by molar-refractivity contribution is 7.98. The van der Waals surface area contributed by atoms with Gasteiger partial charge in [-0.1, -0.05) is 11.6 Å². The van der Waals surface area contributed by atoms with Crippen molar-refractivity contribution in [2.45, 2.75) is 6.61 Å². The average Bonchev–Trinajstić information content (AvgIpc) is 2.30. The van der Waals surface area contributed by atoms with E-state index in [9.17, 15) is 0 Å². The van der Waals surface area contributed by atoms with E-state index in [2.05, 4.69) is 0 Å². The number of hydrogen-bond donors (Lipinski definition) is 1. The van der Waals surface area contributed by atoms with Gasteiger partial charge in [0, 0.05) is 5.75 Å². The molecule has 0 aliphatic heterocycles. The highest BCUT2D eigenvalue weighted by atomic mass is 35.5. The Kier molecular flexibility index (Phi) is 5.80. The summed E-state index contributed by atoms with van der Waals surface area (Å²) in [5.74, 6) is 1.98. The van der Waals surface area contributed by atoms with Crippen molar-refractivity contribution in [3.63, 3.8) is 0 Å². The molecule has 1 N–H and O–H groups in total. The van der Waals surface area contributed by atoms with Crippen LogP contribution in [0, 0.1) is 0 Å². The van der Waals surface area contributed by atoms with E-state index >= 15 is 0 Å². The van der Waals surface area contributed by atoms with E-state index in [-0.39, 0.29) is 6.61 Å². The molecule has 0 bridgehead atoms. The van der Waals surface area contributed by atoms with Crippen LogP contribution in [-0.4, -0.2) is 30.8 Å². The van der Waals surface area contributed by atoms with E-state index in [0.29, 0.717) is 28.7 Å². The highest BCUT2D eigenvalue weighted by Gasteiger charge is 2.11. The summed E-state index contributed by atoms with van der Waals surface area (Å²) in [6, 6.07) is 3.40. The third-order valence-corrected chi connectivity index (χ3v) is 2.86. The molecule has 16 heavy (non-hydrogen) atoms. The number of methoxy groups -OCH3 is 1. The number of hydrogen-bond acceptors (Lipinski definition) is 4.